The smallest absolute Gasteiger partial charge is 0.131 e. The number of hydrogen-bond donors (Lipinski definition) is 2. The molecule has 1 unspecified atom stereocenters. The lowest BCUT2D eigenvalue weighted by Gasteiger charge is -2.18. The molecule has 0 radical (unpaired) electrons. The first kappa shape index (κ1) is 15.9. The second kappa shape index (κ2) is 6.98. The molecule has 0 saturated carbocycles. The standard InChI is InChI=1S/C16H16ClF2NO/c1-10(11-4-2-5-12(17)8-11)20-9-15(21)16-13(18)6-3-7-14(16)19/h2-8,10,15,20-21H,9H2,1H3/t10-,15?/m1/s1. The van der Waals surface area contributed by atoms with E-state index in [2.05, 4.69) is 5.32 Å². The number of halogens is 3. The Balaban J connectivity index is 2.02. The van der Waals surface area contributed by atoms with Crippen molar-refractivity contribution in [2.75, 3.05) is 6.54 Å². The van der Waals surface area contributed by atoms with Gasteiger partial charge in [-0.15, -0.1) is 0 Å². The van der Waals surface area contributed by atoms with E-state index in [-0.39, 0.29) is 18.2 Å². The van der Waals surface area contributed by atoms with Gasteiger partial charge in [-0.2, -0.15) is 0 Å². The zero-order valence-electron chi connectivity index (χ0n) is 11.5. The normalized spacial score (nSPS) is 14.0. The lowest BCUT2D eigenvalue weighted by Crippen LogP contribution is -2.25. The minimum absolute atomic E-state index is 0.0333. The van der Waals surface area contributed by atoms with Gasteiger partial charge < -0.3 is 10.4 Å². The molecule has 112 valence electrons. The van der Waals surface area contributed by atoms with Crippen LogP contribution in [0.1, 0.15) is 30.2 Å². The quantitative estimate of drug-likeness (QED) is 0.874. The third-order valence-electron chi connectivity index (χ3n) is 3.30. The van der Waals surface area contributed by atoms with Crippen molar-refractivity contribution in [1.29, 1.82) is 0 Å². The summed E-state index contributed by atoms with van der Waals surface area (Å²) in [6.45, 7) is 1.92. The van der Waals surface area contributed by atoms with Crippen molar-refractivity contribution in [2.45, 2.75) is 19.1 Å². The Labute approximate surface area is 127 Å². The largest absolute Gasteiger partial charge is 0.387 e. The maximum atomic E-state index is 13.6. The van der Waals surface area contributed by atoms with Gasteiger partial charge in [-0.25, -0.2) is 8.78 Å². The molecular formula is C16H16ClF2NO. The SMILES string of the molecule is C[C@@H](NCC(O)c1c(F)cccc1F)c1cccc(Cl)c1. The highest BCUT2D eigenvalue weighted by Gasteiger charge is 2.18. The Morgan fingerprint density at radius 2 is 1.76 bits per heavy atom. The van der Waals surface area contributed by atoms with E-state index < -0.39 is 17.7 Å². The van der Waals surface area contributed by atoms with E-state index >= 15 is 0 Å². The van der Waals surface area contributed by atoms with E-state index in [1.165, 1.54) is 6.07 Å². The van der Waals surface area contributed by atoms with Gasteiger partial charge in [-0.1, -0.05) is 29.8 Å². The third kappa shape index (κ3) is 4.00. The predicted molar refractivity (Wildman–Crippen MR) is 79.2 cm³/mol. The van der Waals surface area contributed by atoms with Crippen molar-refractivity contribution < 1.29 is 13.9 Å². The lowest BCUT2D eigenvalue weighted by atomic mass is 10.1. The molecule has 21 heavy (non-hydrogen) atoms. The zero-order chi connectivity index (χ0) is 15.4. The Kier molecular flexibility index (Phi) is 5.28. The van der Waals surface area contributed by atoms with E-state index in [1.807, 2.05) is 19.1 Å². The average Bonchev–Trinajstić information content (AvgIpc) is 2.44. The van der Waals surface area contributed by atoms with Crippen LogP contribution in [0.5, 0.6) is 0 Å². The second-order valence-corrected chi connectivity index (χ2v) is 5.27. The molecule has 0 bridgehead atoms. The van der Waals surface area contributed by atoms with Gasteiger partial charge in [-0.3, -0.25) is 0 Å². The molecule has 0 saturated heterocycles. The fourth-order valence-corrected chi connectivity index (χ4v) is 2.31. The summed E-state index contributed by atoms with van der Waals surface area (Å²) in [6, 6.07) is 10.7. The van der Waals surface area contributed by atoms with Crippen LogP contribution in [-0.2, 0) is 0 Å². The van der Waals surface area contributed by atoms with Crippen LogP contribution in [0.25, 0.3) is 0 Å². The lowest BCUT2D eigenvalue weighted by molar-refractivity contribution is 0.161. The molecule has 2 N–H and O–H groups in total. The molecule has 2 nitrogen and oxygen atoms in total. The molecule has 0 spiro atoms. The maximum Gasteiger partial charge on any atom is 0.131 e. The van der Waals surface area contributed by atoms with Crippen molar-refractivity contribution in [3.8, 4) is 0 Å². The molecule has 2 aromatic rings. The van der Waals surface area contributed by atoms with E-state index in [0.717, 1.165) is 17.7 Å². The van der Waals surface area contributed by atoms with Crippen molar-refractivity contribution in [2.24, 2.45) is 0 Å². The Morgan fingerprint density at radius 1 is 1.14 bits per heavy atom. The van der Waals surface area contributed by atoms with Gasteiger partial charge in [0.05, 0.1) is 11.7 Å². The van der Waals surface area contributed by atoms with Gasteiger partial charge in [0.25, 0.3) is 0 Å². The summed E-state index contributed by atoms with van der Waals surface area (Å²) >= 11 is 5.91. The molecule has 5 heteroatoms. The van der Waals surface area contributed by atoms with Gasteiger partial charge in [0.15, 0.2) is 0 Å². The highest BCUT2D eigenvalue weighted by Crippen LogP contribution is 2.22. The molecule has 0 aromatic heterocycles. The highest BCUT2D eigenvalue weighted by atomic mass is 35.5. The molecule has 2 rings (SSSR count). The summed E-state index contributed by atoms with van der Waals surface area (Å²) in [5, 5.41) is 13.6. The van der Waals surface area contributed by atoms with Gasteiger partial charge in [-0.05, 0) is 36.8 Å². The molecule has 0 aliphatic carbocycles. The van der Waals surface area contributed by atoms with E-state index in [9.17, 15) is 13.9 Å². The number of aliphatic hydroxyl groups is 1. The van der Waals surface area contributed by atoms with E-state index in [0.29, 0.717) is 5.02 Å². The fraction of sp³-hybridized carbons (Fsp3) is 0.250. The minimum Gasteiger partial charge on any atom is -0.387 e. The number of benzene rings is 2. The first-order valence-electron chi connectivity index (χ1n) is 6.60. The molecular weight excluding hydrogens is 296 g/mol. The fourth-order valence-electron chi connectivity index (χ4n) is 2.11. The molecule has 0 amide bonds. The number of rotatable bonds is 5. The monoisotopic (exact) mass is 311 g/mol. The first-order chi connectivity index (χ1) is 9.99. The van der Waals surface area contributed by atoms with Crippen LogP contribution in [0.4, 0.5) is 8.78 Å². The molecule has 2 aromatic carbocycles. The molecule has 2 atom stereocenters. The summed E-state index contributed by atoms with van der Waals surface area (Å²) in [7, 11) is 0. The topological polar surface area (TPSA) is 32.3 Å². The summed E-state index contributed by atoms with van der Waals surface area (Å²) < 4.78 is 27.1. The molecule has 0 aliphatic rings. The predicted octanol–water partition coefficient (Wildman–Crippen LogP) is 4.00. The van der Waals surface area contributed by atoms with Gasteiger partial charge in [0.1, 0.15) is 11.6 Å². The van der Waals surface area contributed by atoms with Gasteiger partial charge in [0, 0.05) is 17.6 Å². The van der Waals surface area contributed by atoms with E-state index in [1.54, 1.807) is 12.1 Å². The van der Waals surface area contributed by atoms with Crippen molar-refractivity contribution in [3.05, 3.63) is 70.2 Å². The Bertz CT molecular complexity index is 601. The van der Waals surface area contributed by atoms with Crippen molar-refractivity contribution in [1.82, 2.24) is 5.32 Å². The second-order valence-electron chi connectivity index (χ2n) is 4.84. The summed E-state index contributed by atoms with van der Waals surface area (Å²) in [6.07, 6.45) is -1.26. The average molecular weight is 312 g/mol. The number of aliphatic hydroxyl groups excluding tert-OH is 1. The van der Waals surface area contributed by atoms with Gasteiger partial charge in [0.2, 0.25) is 0 Å². The van der Waals surface area contributed by atoms with Crippen LogP contribution in [-0.4, -0.2) is 11.7 Å². The van der Waals surface area contributed by atoms with E-state index in [4.69, 9.17) is 11.6 Å². The number of nitrogens with one attached hydrogen (secondary N) is 1. The van der Waals surface area contributed by atoms with Crippen molar-refractivity contribution in [3.63, 3.8) is 0 Å². The van der Waals surface area contributed by atoms with Crippen LogP contribution in [0, 0.1) is 11.6 Å². The molecule has 0 fully saturated rings. The van der Waals surface area contributed by atoms with Crippen LogP contribution in [0.2, 0.25) is 5.02 Å². The first-order valence-corrected chi connectivity index (χ1v) is 6.97. The van der Waals surface area contributed by atoms with Crippen LogP contribution in [0.15, 0.2) is 42.5 Å². The minimum atomic E-state index is -1.26. The Hall–Kier alpha value is -1.49. The van der Waals surface area contributed by atoms with Crippen LogP contribution < -0.4 is 5.32 Å². The summed E-state index contributed by atoms with van der Waals surface area (Å²) in [5.74, 6) is -1.50. The Morgan fingerprint density at radius 3 is 2.38 bits per heavy atom. The van der Waals surface area contributed by atoms with Crippen molar-refractivity contribution >= 4 is 11.6 Å². The summed E-state index contributed by atoms with van der Waals surface area (Å²) in [4.78, 5) is 0. The molecule has 0 aliphatic heterocycles. The summed E-state index contributed by atoms with van der Waals surface area (Å²) in [5.41, 5.74) is 0.618. The third-order valence-corrected chi connectivity index (χ3v) is 3.53. The zero-order valence-corrected chi connectivity index (χ0v) is 12.2. The highest BCUT2D eigenvalue weighted by molar-refractivity contribution is 6.30. The van der Waals surface area contributed by atoms with Crippen LogP contribution >= 0.6 is 11.6 Å². The van der Waals surface area contributed by atoms with Gasteiger partial charge >= 0.3 is 0 Å². The maximum absolute atomic E-state index is 13.6. The van der Waals surface area contributed by atoms with Crippen LogP contribution in [0.3, 0.4) is 0 Å². The molecule has 0 heterocycles. The number of hydrogen-bond acceptors (Lipinski definition) is 2.